The number of pyridine rings is 1. The van der Waals surface area contributed by atoms with Gasteiger partial charge in [0, 0.05) is 30.7 Å². The molecule has 1 amide bonds. The van der Waals surface area contributed by atoms with Crippen molar-refractivity contribution >= 4 is 45.7 Å². The van der Waals surface area contributed by atoms with Gasteiger partial charge in [0.2, 0.25) is 11.7 Å². The number of carbonyl (C=O) groups is 3. The van der Waals surface area contributed by atoms with Gasteiger partial charge in [-0.15, -0.1) is 5.10 Å². The van der Waals surface area contributed by atoms with Gasteiger partial charge in [0.05, 0.1) is 17.8 Å². The number of piperidine rings is 1. The van der Waals surface area contributed by atoms with Crippen molar-refractivity contribution in [3.05, 3.63) is 61.2 Å². The van der Waals surface area contributed by atoms with E-state index >= 15 is 0 Å². The van der Waals surface area contributed by atoms with E-state index in [-0.39, 0.29) is 46.9 Å². The summed E-state index contributed by atoms with van der Waals surface area (Å²) in [5.74, 6) is 0.276. The van der Waals surface area contributed by atoms with Crippen LogP contribution in [0.15, 0.2) is 60.5 Å². The molecule has 1 aliphatic heterocycles. The topological polar surface area (TPSA) is 135 Å². The predicted octanol–water partition coefficient (Wildman–Crippen LogP) is 3.28. The Morgan fingerprint density at radius 2 is 2.11 bits per heavy atom. The average Bonchev–Trinajstić information content (AvgIpc) is 3.26. The van der Waals surface area contributed by atoms with E-state index in [2.05, 4.69) is 44.1 Å². The van der Waals surface area contributed by atoms with E-state index in [0.717, 1.165) is 6.42 Å². The van der Waals surface area contributed by atoms with Gasteiger partial charge in [-0.25, -0.2) is 4.98 Å². The van der Waals surface area contributed by atoms with Crippen molar-refractivity contribution in [2.75, 3.05) is 5.32 Å². The maximum absolute atomic E-state index is 13.7. The smallest absolute Gasteiger partial charge is 0.245 e. The molecule has 11 nitrogen and oxygen atoms in total. The van der Waals surface area contributed by atoms with Crippen LogP contribution < -0.4 is 5.32 Å². The van der Waals surface area contributed by atoms with Crippen molar-refractivity contribution < 1.29 is 14.4 Å². The molecule has 38 heavy (non-hydrogen) atoms. The van der Waals surface area contributed by atoms with Crippen LogP contribution in [0.5, 0.6) is 0 Å². The van der Waals surface area contributed by atoms with Crippen LogP contribution in [0.4, 0.5) is 11.6 Å². The first-order chi connectivity index (χ1) is 18.3. The minimum atomic E-state index is -0.615. The Kier molecular flexibility index (Phi) is 6.43. The molecule has 2 aliphatic rings. The van der Waals surface area contributed by atoms with Crippen LogP contribution >= 0.6 is 0 Å². The second-order valence-electron chi connectivity index (χ2n) is 9.84. The summed E-state index contributed by atoms with van der Waals surface area (Å²) in [7, 11) is 0. The van der Waals surface area contributed by atoms with Gasteiger partial charge in [-0.3, -0.25) is 24.1 Å². The van der Waals surface area contributed by atoms with E-state index < -0.39 is 6.04 Å². The lowest BCUT2D eigenvalue weighted by Crippen LogP contribution is -2.46. The van der Waals surface area contributed by atoms with Crippen molar-refractivity contribution in [1.82, 2.24) is 29.9 Å². The molecule has 4 heterocycles. The third kappa shape index (κ3) is 4.51. The number of anilines is 2. The normalized spacial score (nSPS) is 22.5. The second-order valence-corrected chi connectivity index (χ2v) is 9.84. The molecular formula is C27H28N8O3. The van der Waals surface area contributed by atoms with Crippen LogP contribution in [-0.4, -0.2) is 65.1 Å². The molecule has 11 heteroatoms. The average molecular weight is 513 g/mol. The van der Waals surface area contributed by atoms with Crippen LogP contribution in [0, 0.1) is 5.41 Å². The Balaban J connectivity index is 1.44. The number of aromatic nitrogens is 5. The molecule has 1 saturated heterocycles. The number of fused-ring (bicyclic) bond motifs is 2. The lowest BCUT2D eigenvalue weighted by Gasteiger charge is -2.26. The van der Waals surface area contributed by atoms with E-state index in [9.17, 15) is 14.4 Å². The van der Waals surface area contributed by atoms with Crippen LogP contribution in [0.3, 0.4) is 0 Å². The summed E-state index contributed by atoms with van der Waals surface area (Å²) in [5, 5.41) is 15.9. The fourth-order valence-corrected chi connectivity index (χ4v) is 5.21. The lowest BCUT2D eigenvalue weighted by atomic mass is 9.97. The molecule has 1 N–H and O–H groups in total. The van der Waals surface area contributed by atoms with Gasteiger partial charge in [-0.2, -0.15) is 10.2 Å². The van der Waals surface area contributed by atoms with Gasteiger partial charge >= 0.3 is 0 Å². The molecule has 194 valence electrons. The summed E-state index contributed by atoms with van der Waals surface area (Å²) >= 11 is 0. The highest BCUT2D eigenvalue weighted by atomic mass is 16.2. The molecule has 0 bridgehead atoms. The Bertz CT molecular complexity index is 1510. The van der Waals surface area contributed by atoms with Crippen molar-refractivity contribution in [3.8, 4) is 0 Å². The first-order valence-electron chi connectivity index (χ1n) is 12.3. The van der Waals surface area contributed by atoms with Gasteiger partial charge in [0.25, 0.3) is 0 Å². The first-order valence-corrected chi connectivity index (χ1v) is 12.3. The van der Waals surface area contributed by atoms with Crippen molar-refractivity contribution in [2.24, 2.45) is 10.4 Å². The summed E-state index contributed by atoms with van der Waals surface area (Å²) in [6.07, 6.45) is 9.25. The number of rotatable bonds is 9. The lowest BCUT2D eigenvalue weighted by molar-refractivity contribution is -0.137. The molecule has 3 unspecified atom stereocenters. The van der Waals surface area contributed by atoms with Crippen LogP contribution in [0.25, 0.3) is 10.9 Å². The number of carbonyl (C=O) groups excluding carboxylic acids is 3. The molecule has 3 aromatic heterocycles. The van der Waals surface area contributed by atoms with Crippen LogP contribution in [-0.2, 0) is 16.1 Å². The summed E-state index contributed by atoms with van der Waals surface area (Å²) in [6, 6.07) is 4.55. The molecule has 3 aromatic rings. The van der Waals surface area contributed by atoms with E-state index in [1.165, 1.54) is 17.8 Å². The van der Waals surface area contributed by atoms with Crippen LogP contribution in [0.2, 0.25) is 0 Å². The number of aliphatic imine (C=N–C) groups is 1. The van der Waals surface area contributed by atoms with E-state index in [0.29, 0.717) is 29.0 Å². The van der Waals surface area contributed by atoms with Gasteiger partial charge in [-0.1, -0.05) is 19.6 Å². The van der Waals surface area contributed by atoms with Crippen LogP contribution in [0.1, 0.15) is 44.1 Å². The van der Waals surface area contributed by atoms with Crippen molar-refractivity contribution in [3.63, 3.8) is 0 Å². The quantitative estimate of drug-likeness (QED) is 0.341. The third-order valence-electron chi connectivity index (χ3n) is 7.12. The van der Waals surface area contributed by atoms with Gasteiger partial charge in [0.15, 0.2) is 11.6 Å². The maximum Gasteiger partial charge on any atom is 0.245 e. The van der Waals surface area contributed by atoms with E-state index in [4.69, 9.17) is 0 Å². The minimum Gasteiger partial charge on any atom is -0.327 e. The molecular weight excluding hydrogens is 484 g/mol. The van der Waals surface area contributed by atoms with Crippen molar-refractivity contribution in [1.29, 1.82) is 0 Å². The zero-order chi connectivity index (χ0) is 27.0. The van der Waals surface area contributed by atoms with Gasteiger partial charge in [-0.05, 0) is 49.5 Å². The Hall–Kier alpha value is -4.54. The number of hydrogen-bond acceptors (Lipinski definition) is 9. The number of Topliss-reactive ketones (excluding diaryl/α,β-unsaturated/α-hetero) is 2. The molecule has 1 aliphatic carbocycles. The highest BCUT2D eigenvalue weighted by Gasteiger charge is 2.64. The number of hydrogen-bond donors (Lipinski definition) is 1. The molecule has 1 saturated carbocycles. The maximum atomic E-state index is 13.7. The van der Waals surface area contributed by atoms with Gasteiger partial charge in [0.1, 0.15) is 23.8 Å². The first kappa shape index (κ1) is 25.1. The monoisotopic (exact) mass is 512 g/mol. The number of ketones is 2. The summed E-state index contributed by atoms with van der Waals surface area (Å²) in [6.45, 7) is 8.80. The molecule has 3 atom stereocenters. The molecule has 5 rings (SSSR count). The third-order valence-corrected chi connectivity index (χ3v) is 7.12. The number of amides is 1. The fraction of sp³-hybridized carbons (Fsp3) is 0.333. The Morgan fingerprint density at radius 3 is 2.79 bits per heavy atom. The number of nitrogens with one attached hydrogen (secondary N) is 1. The largest absolute Gasteiger partial charge is 0.327 e. The highest BCUT2D eigenvalue weighted by molar-refractivity contribution is 6.46. The SMILES string of the molecule is C=C/N=C(\C=C/C)C(=O)C1CC2(C)CC2N1C(=O)Cn1nc(C(C)=O)c2cc(Nc3cccnn3)ncc21. The summed E-state index contributed by atoms with van der Waals surface area (Å²) in [4.78, 5) is 49.7. The molecule has 0 radical (unpaired) electrons. The fourth-order valence-electron chi connectivity index (χ4n) is 5.21. The zero-order valence-electron chi connectivity index (χ0n) is 21.5. The Labute approximate surface area is 219 Å². The molecule has 2 fully saturated rings. The zero-order valence-corrected chi connectivity index (χ0v) is 21.5. The highest BCUT2D eigenvalue weighted by Crippen LogP contribution is 2.59. The Morgan fingerprint density at radius 1 is 1.29 bits per heavy atom. The standard InChI is InChI=1S/C27H28N8O3/c1-5-8-18(28-6-2)26(38)19-12-27(4)13-21(27)35(19)24(37)15-34-20-14-29-23(31-22-9-7-10-30-32-22)11-17(20)25(33-34)16(3)36/h5-11,14,19,21H,2,12-13,15H2,1,3-4H3,(H,29,31,32)/b8-5-,28-18+. The van der Waals surface area contributed by atoms with E-state index in [1.807, 2.05) is 0 Å². The second kappa shape index (κ2) is 9.73. The van der Waals surface area contributed by atoms with Crippen molar-refractivity contribution in [2.45, 2.75) is 52.2 Å². The number of nitrogens with zero attached hydrogens (tertiary/aromatic N) is 7. The molecule has 0 aromatic carbocycles. The minimum absolute atomic E-state index is 0.0189. The number of allylic oxidation sites excluding steroid dienone is 2. The van der Waals surface area contributed by atoms with E-state index in [1.54, 1.807) is 54.6 Å². The molecule has 0 spiro atoms. The summed E-state index contributed by atoms with van der Waals surface area (Å²) in [5.41, 5.74) is 0.948. The number of likely N-dealkylation sites (tertiary alicyclic amines) is 1. The van der Waals surface area contributed by atoms with Gasteiger partial charge < -0.3 is 10.2 Å². The predicted molar refractivity (Wildman–Crippen MR) is 142 cm³/mol. The summed E-state index contributed by atoms with van der Waals surface area (Å²) < 4.78 is 1.48.